The van der Waals surface area contributed by atoms with E-state index < -0.39 is 21.8 Å². The number of hydrogen-bond acceptors (Lipinski definition) is 3. The van der Waals surface area contributed by atoms with Crippen molar-refractivity contribution in [3.63, 3.8) is 0 Å². The highest BCUT2D eigenvalue weighted by Crippen LogP contribution is 2.50. The molecular formula is C20H27FN2O3S. The van der Waals surface area contributed by atoms with Gasteiger partial charge in [-0.2, -0.15) is 0 Å². The van der Waals surface area contributed by atoms with E-state index >= 15 is 0 Å². The van der Waals surface area contributed by atoms with Crippen LogP contribution in [-0.4, -0.2) is 37.0 Å². The topological polar surface area (TPSA) is 66.5 Å². The summed E-state index contributed by atoms with van der Waals surface area (Å²) in [5.41, 5.74) is 0.725. The van der Waals surface area contributed by atoms with Crippen LogP contribution in [0.5, 0.6) is 0 Å². The maximum atomic E-state index is 14.1. The fourth-order valence-corrected chi connectivity index (χ4v) is 6.72. The predicted molar refractivity (Wildman–Crippen MR) is 102 cm³/mol. The monoisotopic (exact) mass is 394 g/mol. The van der Waals surface area contributed by atoms with Crippen molar-refractivity contribution in [2.45, 2.75) is 57.1 Å². The molecule has 148 valence electrons. The lowest BCUT2D eigenvalue weighted by Gasteiger charge is -2.37. The molecule has 1 aliphatic heterocycles. The van der Waals surface area contributed by atoms with Gasteiger partial charge in [0.2, 0.25) is 15.9 Å². The highest BCUT2D eigenvalue weighted by molar-refractivity contribution is 7.90. The molecule has 0 unspecified atom stereocenters. The van der Waals surface area contributed by atoms with E-state index in [-0.39, 0.29) is 28.8 Å². The van der Waals surface area contributed by atoms with Crippen molar-refractivity contribution >= 4 is 21.6 Å². The van der Waals surface area contributed by atoms with E-state index in [1.807, 2.05) is 6.92 Å². The molecule has 3 fully saturated rings. The van der Waals surface area contributed by atoms with Gasteiger partial charge in [0.15, 0.2) is 0 Å². The van der Waals surface area contributed by atoms with Crippen molar-refractivity contribution in [2.75, 3.05) is 18.4 Å². The van der Waals surface area contributed by atoms with E-state index in [0.717, 1.165) is 50.5 Å². The summed E-state index contributed by atoms with van der Waals surface area (Å²) < 4.78 is 41.2. The number of aryl methyl sites for hydroxylation is 1. The molecule has 1 N–H and O–H groups in total. The molecule has 7 heteroatoms. The van der Waals surface area contributed by atoms with Crippen molar-refractivity contribution in [1.82, 2.24) is 4.31 Å². The number of carbonyl (C=O) groups excluding carboxylic acids is 1. The largest absolute Gasteiger partial charge is 0.323 e. The van der Waals surface area contributed by atoms with Crippen LogP contribution in [0.4, 0.5) is 10.1 Å². The molecule has 0 aromatic heterocycles. The summed E-state index contributed by atoms with van der Waals surface area (Å²) in [4.78, 5) is 13.1. The van der Waals surface area contributed by atoms with E-state index in [0.29, 0.717) is 6.54 Å². The van der Waals surface area contributed by atoms with Gasteiger partial charge < -0.3 is 5.32 Å². The Bertz CT molecular complexity index is 845. The minimum Gasteiger partial charge on any atom is -0.323 e. The van der Waals surface area contributed by atoms with Gasteiger partial charge >= 0.3 is 0 Å². The van der Waals surface area contributed by atoms with Crippen LogP contribution >= 0.6 is 0 Å². The molecule has 0 bridgehead atoms. The van der Waals surface area contributed by atoms with Crippen molar-refractivity contribution < 1.29 is 17.6 Å². The first kappa shape index (κ1) is 18.9. The lowest BCUT2D eigenvalue weighted by molar-refractivity contribution is -0.123. The van der Waals surface area contributed by atoms with Gasteiger partial charge in [-0.1, -0.05) is 25.3 Å². The Labute approximate surface area is 160 Å². The maximum absolute atomic E-state index is 14.1. The molecule has 1 aromatic carbocycles. The molecule has 2 saturated carbocycles. The third kappa shape index (κ3) is 3.51. The fraction of sp³-hybridized carbons (Fsp3) is 0.650. The molecule has 5 nitrogen and oxygen atoms in total. The molecule has 2 aliphatic carbocycles. The first-order valence-corrected chi connectivity index (χ1v) is 11.4. The number of carbonyl (C=O) groups is 1. The molecule has 1 atom stereocenters. The van der Waals surface area contributed by atoms with Gasteiger partial charge in [-0.25, -0.2) is 17.1 Å². The van der Waals surface area contributed by atoms with E-state index in [4.69, 9.17) is 0 Å². The minimum absolute atomic E-state index is 0.175. The molecule has 4 rings (SSSR count). The zero-order valence-electron chi connectivity index (χ0n) is 15.7. The van der Waals surface area contributed by atoms with Gasteiger partial charge in [-0.05, 0) is 55.7 Å². The van der Waals surface area contributed by atoms with Crippen LogP contribution in [-0.2, 0) is 14.8 Å². The smallest absolute Gasteiger partial charge is 0.229 e. The Hall–Kier alpha value is -1.47. The van der Waals surface area contributed by atoms with Gasteiger partial charge in [-0.15, -0.1) is 0 Å². The lowest BCUT2D eigenvalue weighted by Crippen LogP contribution is -2.39. The molecule has 3 aliphatic rings. The zero-order chi connectivity index (χ0) is 19.2. The summed E-state index contributed by atoms with van der Waals surface area (Å²) in [6.45, 7) is 2.50. The van der Waals surface area contributed by atoms with Crippen LogP contribution < -0.4 is 5.32 Å². The van der Waals surface area contributed by atoms with Gasteiger partial charge in [0.1, 0.15) is 5.82 Å². The number of benzene rings is 1. The molecule has 1 aromatic rings. The molecular weight excluding hydrogens is 367 g/mol. The molecule has 1 spiro atoms. The summed E-state index contributed by atoms with van der Waals surface area (Å²) in [5, 5.41) is 2.48. The standard InChI is InChI=1S/C20H27FN2O3S/c1-14-5-8-17(21)18(11-14)22-19(24)16-12-23(27(25,26)15-6-7-15)13-20(16)9-3-2-4-10-20/h5,8,11,15-16H,2-4,6-7,9-10,12-13H2,1H3,(H,22,24)/t16-/m0/s1. The fourth-order valence-electron chi connectivity index (χ4n) is 4.77. The molecule has 0 radical (unpaired) electrons. The summed E-state index contributed by atoms with van der Waals surface area (Å²) in [5.74, 6) is -1.15. The Morgan fingerprint density at radius 1 is 1.22 bits per heavy atom. The number of anilines is 1. The van der Waals surface area contributed by atoms with Gasteiger partial charge in [0.05, 0.1) is 16.9 Å². The number of amides is 1. The maximum Gasteiger partial charge on any atom is 0.229 e. The number of rotatable bonds is 4. The van der Waals surface area contributed by atoms with Gasteiger partial charge in [0, 0.05) is 13.1 Å². The quantitative estimate of drug-likeness (QED) is 0.851. The normalized spacial score (nSPS) is 25.6. The highest BCUT2D eigenvalue weighted by atomic mass is 32.2. The SMILES string of the molecule is Cc1ccc(F)c(NC(=O)[C@@H]2CN(S(=O)(=O)C3CC3)CC23CCCCC3)c1. The van der Waals surface area contributed by atoms with Crippen molar-refractivity contribution in [1.29, 1.82) is 0 Å². The van der Waals surface area contributed by atoms with E-state index in [2.05, 4.69) is 5.32 Å². The first-order chi connectivity index (χ1) is 12.8. The number of hydrogen-bond donors (Lipinski definition) is 1. The lowest BCUT2D eigenvalue weighted by atomic mass is 9.67. The summed E-state index contributed by atoms with van der Waals surface area (Å²) in [7, 11) is -3.32. The zero-order valence-corrected chi connectivity index (χ0v) is 16.5. The number of halogens is 1. The van der Waals surface area contributed by atoms with E-state index in [9.17, 15) is 17.6 Å². The average Bonchev–Trinajstić information content (AvgIpc) is 3.43. The predicted octanol–water partition coefficient (Wildman–Crippen LogP) is 3.45. The first-order valence-electron chi connectivity index (χ1n) is 9.88. The molecule has 1 heterocycles. The second-order valence-electron chi connectivity index (χ2n) is 8.48. The third-order valence-corrected chi connectivity index (χ3v) is 8.78. The number of nitrogens with one attached hydrogen (secondary N) is 1. The Balaban J connectivity index is 1.60. The Kier molecular flexibility index (Phi) is 4.79. The molecule has 1 saturated heterocycles. The van der Waals surface area contributed by atoms with Gasteiger partial charge in [-0.3, -0.25) is 4.79 Å². The second-order valence-corrected chi connectivity index (χ2v) is 10.7. The summed E-state index contributed by atoms with van der Waals surface area (Å²) in [6.07, 6.45) is 6.31. The Morgan fingerprint density at radius 3 is 2.59 bits per heavy atom. The number of nitrogens with zero attached hydrogens (tertiary/aromatic N) is 1. The minimum atomic E-state index is -3.32. The van der Waals surface area contributed by atoms with Crippen molar-refractivity contribution in [2.24, 2.45) is 11.3 Å². The highest BCUT2D eigenvalue weighted by Gasteiger charge is 2.55. The van der Waals surface area contributed by atoms with Crippen molar-refractivity contribution in [3.05, 3.63) is 29.6 Å². The molecule has 27 heavy (non-hydrogen) atoms. The van der Waals surface area contributed by atoms with E-state index in [1.54, 1.807) is 16.4 Å². The van der Waals surface area contributed by atoms with Crippen molar-refractivity contribution in [3.8, 4) is 0 Å². The molecule has 1 amide bonds. The number of sulfonamides is 1. The van der Waals surface area contributed by atoms with Crippen LogP contribution in [0.2, 0.25) is 0 Å². The van der Waals surface area contributed by atoms with Gasteiger partial charge in [0.25, 0.3) is 0 Å². The van der Waals surface area contributed by atoms with Crippen LogP contribution in [0.3, 0.4) is 0 Å². The van der Waals surface area contributed by atoms with Crippen LogP contribution in [0, 0.1) is 24.1 Å². The van der Waals surface area contributed by atoms with Crippen LogP contribution in [0.25, 0.3) is 0 Å². The summed E-state index contributed by atoms with van der Waals surface area (Å²) in [6, 6.07) is 4.63. The van der Waals surface area contributed by atoms with Crippen LogP contribution in [0.1, 0.15) is 50.5 Å². The Morgan fingerprint density at radius 2 is 1.93 bits per heavy atom. The summed E-state index contributed by atoms with van der Waals surface area (Å²) >= 11 is 0. The van der Waals surface area contributed by atoms with E-state index in [1.165, 1.54) is 6.07 Å². The third-order valence-electron chi connectivity index (χ3n) is 6.47. The van der Waals surface area contributed by atoms with Crippen LogP contribution in [0.15, 0.2) is 18.2 Å². The average molecular weight is 395 g/mol. The second kappa shape index (κ2) is 6.85.